The number of carbonyl (C=O) groups excluding carboxylic acids is 1. The van der Waals surface area contributed by atoms with Gasteiger partial charge >= 0.3 is 0 Å². The molecule has 5 aromatic rings. The van der Waals surface area contributed by atoms with E-state index in [1.165, 1.54) is 36.4 Å². The first-order valence-electron chi connectivity index (χ1n) is 11.8. The quantitative estimate of drug-likeness (QED) is 0.172. The van der Waals surface area contributed by atoms with E-state index in [1.807, 2.05) is 60.8 Å². The third kappa shape index (κ3) is 6.31. The van der Waals surface area contributed by atoms with Crippen molar-refractivity contribution < 1.29 is 13.2 Å². The standard InChI is InChI=1S/C29H22BrN5O3S/c30-24-15-11-21(12-16-24)28-23(20-35(33-28)26-7-3-1-4-8-26)19-31-32-29(36)22-13-17-25(18-14-22)34-39(37,38)27-9-5-2-6-10-27/h1-20,34H,(H,32,36)/b31-19-. The smallest absolute Gasteiger partial charge is 0.271 e. The molecule has 0 saturated carbocycles. The van der Waals surface area contributed by atoms with E-state index in [0.717, 1.165) is 15.7 Å². The first-order chi connectivity index (χ1) is 18.9. The number of sulfonamides is 1. The van der Waals surface area contributed by atoms with Crippen molar-refractivity contribution in [3.8, 4) is 16.9 Å². The number of benzene rings is 4. The fourth-order valence-corrected chi connectivity index (χ4v) is 5.10. The summed E-state index contributed by atoms with van der Waals surface area (Å²) in [5, 5.41) is 8.89. The molecular weight excluding hydrogens is 578 g/mol. The molecule has 8 nitrogen and oxygen atoms in total. The van der Waals surface area contributed by atoms with E-state index in [-0.39, 0.29) is 4.90 Å². The fraction of sp³-hybridized carbons (Fsp3) is 0. The Hall–Kier alpha value is -4.54. The highest BCUT2D eigenvalue weighted by Gasteiger charge is 2.14. The van der Waals surface area contributed by atoms with Crippen molar-refractivity contribution in [3.63, 3.8) is 0 Å². The Kier molecular flexibility index (Phi) is 7.67. The van der Waals surface area contributed by atoms with Crippen LogP contribution in [0.15, 0.2) is 130 Å². The normalized spacial score (nSPS) is 11.4. The van der Waals surface area contributed by atoms with Gasteiger partial charge in [0.1, 0.15) is 5.69 Å². The number of anilines is 1. The number of nitrogens with one attached hydrogen (secondary N) is 2. The molecule has 0 spiro atoms. The zero-order valence-electron chi connectivity index (χ0n) is 20.4. The van der Waals surface area contributed by atoms with Crippen LogP contribution in [0, 0.1) is 0 Å². The highest BCUT2D eigenvalue weighted by molar-refractivity contribution is 9.10. The number of nitrogens with zero attached hydrogens (tertiary/aromatic N) is 3. The van der Waals surface area contributed by atoms with Gasteiger partial charge in [-0.3, -0.25) is 9.52 Å². The van der Waals surface area contributed by atoms with Gasteiger partial charge in [0, 0.05) is 33.0 Å². The zero-order chi connectivity index (χ0) is 27.2. The lowest BCUT2D eigenvalue weighted by atomic mass is 10.1. The lowest BCUT2D eigenvalue weighted by molar-refractivity contribution is 0.0955. The molecule has 0 fully saturated rings. The van der Waals surface area contributed by atoms with E-state index in [0.29, 0.717) is 22.5 Å². The average molecular weight is 600 g/mol. The average Bonchev–Trinajstić information content (AvgIpc) is 3.39. The molecule has 0 aliphatic carbocycles. The van der Waals surface area contributed by atoms with Crippen LogP contribution in [0.4, 0.5) is 5.69 Å². The zero-order valence-corrected chi connectivity index (χ0v) is 22.8. The SMILES string of the molecule is O=C(N/N=C\c1cn(-c2ccccc2)nc1-c1ccc(Br)cc1)c1ccc(NS(=O)(=O)c2ccccc2)cc1. The van der Waals surface area contributed by atoms with Crippen molar-refractivity contribution in [2.24, 2.45) is 5.10 Å². The maximum absolute atomic E-state index is 12.7. The fourth-order valence-electron chi connectivity index (χ4n) is 3.76. The molecule has 0 saturated heterocycles. The third-order valence-electron chi connectivity index (χ3n) is 5.70. The molecule has 0 aliphatic rings. The van der Waals surface area contributed by atoms with Crippen LogP contribution in [0.2, 0.25) is 0 Å². The molecular formula is C29H22BrN5O3S. The molecule has 2 N–H and O–H groups in total. The van der Waals surface area contributed by atoms with Crippen molar-refractivity contribution in [3.05, 3.63) is 131 Å². The molecule has 0 aliphatic heterocycles. The maximum Gasteiger partial charge on any atom is 0.271 e. The van der Waals surface area contributed by atoms with E-state index in [9.17, 15) is 13.2 Å². The minimum Gasteiger partial charge on any atom is -0.280 e. The molecule has 0 atom stereocenters. The van der Waals surface area contributed by atoms with E-state index in [4.69, 9.17) is 5.10 Å². The van der Waals surface area contributed by atoms with Gasteiger partial charge in [-0.25, -0.2) is 18.5 Å². The van der Waals surface area contributed by atoms with Gasteiger partial charge in [-0.1, -0.05) is 64.5 Å². The molecule has 0 radical (unpaired) electrons. The van der Waals surface area contributed by atoms with Crippen molar-refractivity contribution in [2.75, 3.05) is 4.72 Å². The van der Waals surface area contributed by atoms with Gasteiger partial charge in [0.05, 0.1) is 16.8 Å². The van der Waals surface area contributed by atoms with Gasteiger partial charge in [-0.05, 0) is 60.7 Å². The Morgan fingerprint density at radius 1 is 0.846 bits per heavy atom. The summed E-state index contributed by atoms with van der Waals surface area (Å²) < 4.78 is 30.3. The summed E-state index contributed by atoms with van der Waals surface area (Å²) in [4.78, 5) is 12.8. The predicted octanol–water partition coefficient (Wildman–Crippen LogP) is 5.87. The minimum absolute atomic E-state index is 0.152. The van der Waals surface area contributed by atoms with E-state index < -0.39 is 15.9 Å². The van der Waals surface area contributed by atoms with Crippen molar-refractivity contribution in [2.45, 2.75) is 4.90 Å². The molecule has 5 rings (SSSR count). The monoisotopic (exact) mass is 599 g/mol. The van der Waals surface area contributed by atoms with E-state index in [2.05, 4.69) is 31.2 Å². The molecule has 39 heavy (non-hydrogen) atoms. The summed E-state index contributed by atoms with van der Waals surface area (Å²) in [6, 6.07) is 31.6. The summed E-state index contributed by atoms with van der Waals surface area (Å²) in [6.07, 6.45) is 3.39. The summed E-state index contributed by atoms with van der Waals surface area (Å²) in [5.74, 6) is -0.440. The summed E-state index contributed by atoms with van der Waals surface area (Å²) in [6.45, 7) is 0. The molecule has 1 aromatic heterocycles. The largest absolute Gasteiger partial charge is 0.280 e. The summed E-state index contributed by atoms with van der Waals surface area (Å²) in [5.41, 5.74) is 6.40. The number of amides is 1. The lowest BCUT2D eigenvalue weighted by Crippen LogP contribution is -2.18. The Balaban J connectivity index is 1.31. The highest BCUT2D eigenvalue weighted by Crippen LogP contribution is 2.24. The van der Waals surface area contributed by atoms with E-state index >= 15 is 0 Å². The van der Waals surface area contributed by atoms with Gasteiger partial charge in [0.25, 0.3) is 15.9 Å². The molecule has 194 valence electrons. The first kappa shape index (κ1) is 26.1. The number of hydrazone groups is 1. The number of hydrogen-bond acceptors (Lipinski definition) is 5. The number of rotatable bonds is 8. The predicted molar refractivity (Wildman–Crippen MR) is 155 cm³/mol. The summed E-state index contributed by atoms with van der Waals surface area (Å²) >= 11 is 3.45. The second-order valence-electron chi connectivity index (χ2n) is 8.42. The molecule has 1 amide bonds. The first-order valence-corrected chi connectivity index (χ1v) is 14.1. The van der Waals surface area contributed by atoms with Gasteiger partial charge in [0.15, 0.2) is 0 Å². The van der Waals surface area contributed by atoms with Crippen LogP contribution in [0.1, 0.15) is 15.9 Å². The van der Waals surface area contributed by atoms with Gasteiger partial charge < -0.3 is 0 Å². The maximum atomic E-state index is 12.7. The second kappa shape index (κ2) is 11.5. The Morgan fingerprint density at radius 2 is 1.49 bits per heavy atom. The van der Waals surface area contributed by atoms with Crippen LogP contribution in [-0.4, -0.2) is 30.3 Å². The van der Waals surface area contributed by atoms with Crippen LogP contribution < -0.4 is 10.1 Å². The van der Waals surface area contributed by atoms with Crippen LogP contribution in [-0.2, 0) is 10.0 Å². The van der Waals surface area contributed by atoms with Crippen LogP contribution in [0.25, 0.3) is 16.9 Å². The highest BCUT2D eigenvalue weighted by atomic mass is 79.9. The second-order valence-corrected chi connectivity index (χ2v) is 11.0. The summed E-state index contributed by atoms with van der Waals surface area (Å²) in [7, 11) is -3.72. The van der Waals surface area contributed by atoms with Crippen LogP contribution in [0.3, 0.4) is 0 Å². The Morgan fingerprint density at radius 3 is 2.15 bits per heavy atom. The van der Waals surface area contributed by atoms with Crippen molar-refractivity contribution >= 4 is 43.8 Å². The van der Waals surface area contributed by atoms with Gasteiger partial charge in [-0.15, -0.1) is 0 Å². The topological polar surface area (TPSA) is 105 Å². The molecule has 0 unspecified atom stereocenters. The lowest BCUT2D eigenvalue weighted by Gasteiger charge is -2.08. The third-order valence-corrected chi connectivity index (χ3v) is 7.63. The molecule has 0 bridgehead atoms. The number of halogens is 1. The van der Waals surface area contributed by atoms with Crippen LogP contribution >= 0.6 is 15.9 Å². The molecule has 4 aromatic carbocycles. The Labute approximate surface area is 234 Å². The van der Waals surface area contributed by atoms with Gasteiger partial charge in [0.2, 0.25) is 0 Å². The Bertz CT molecular complexity index is 1720. The molecule has 10 heteroatoms. The van der Waals surface area contributed by atoms with Crippen LogP contribution in [0.5, 0.6) is 0 Å². The number of hydrogen-bond donors (Lipinski definition) is 2. The van der Waals surface area contributed by atoms with Gasteiger partial charge in [-0.2, -0.15) is 10.2 Å². The van der Waals surface area contributed by atoms with E-state index in [1.54, 1.807) is 29.1 Å². The minimum atomic E-state index is -3.72. The number of aromatic nitrogens is 2. The number of para-hydroxylation sites is 1. The number of carbonyl (C=O) groups is 1. The molecule has 1 heterocycles. The van der Waals surface area contributed by atoms with Crippen molar-refractivity contribution in [1.29, 1.82) is 0 Å². The van der Waals surface area contributed by atoms with Crippen molar-refractivity contribution in [1.82, 2.24) is 15.2 Å².